The molecule has 2 heterocycles. The SMILES string of the molecule is CCCNC1COCC1C(=O)NCC1CCOCC1. The fourth-order valence-corrected chi connectivity index (χ4v) is 2.67. The van der Waals surface area contributed by atoms with Crippen molar-refractivity contribution < 1.29 is 14.3 Å². The summed E-state index contributed by atoms with van der Waals surface area (Å²) < 4.78 is 10.8. The highest BCUT2D eigenvalue weighted by Gasteiger charge is 2.33. The molecule has 5 heteroatoms. The van der Waals surface area contributed by atoms with Gasteiger partial charge < -0.3 is 20.1 Å². The number of carbonyl (C=O) groups is 1. The normalized spacial score (nSPS) is 28.5. The minimum absolute atomic E-state index is 0.0357. The van der Waals surface area contributed by atoms with Crippen molar-refractivity contribution in [1.29, 1.82) is 0 Å². The second-order valence-corrected chi connectivity index (χ2v) is 5.51. The van der Waals surface area contributed by atoms with Crippen LogP contribution in [0.25, 0.3) is 0 Å². The quantitative estimate of drug-likeness (QED) is 0.740. The molecule has 0 aromatic heterocycles. The largest absolute Gasteiger partial charge is 0.381 e. The summed E-state index contributed by atoms with van der Waals surface area (Å²) in [7, 11) is 0. The van der Waals surface area contributed by atoms with Gasteiger partial charge in [0.15, 0.2) is 0 Å². The minimum Gasteiger partial charge on any atom is -0.381 e. The van der Waals surface area contributed by atoms with Gasteiger partial charge >= 0.3 is 0 Å². The first-order chi connectivity index (χ1) is 9.31. The number of hydrogen-bond donors (Lipinski definition) is 2. The summed E-state index contributed by atoms with van der Waals surface area (Å²) in [4.78, 5) is 12.2. The van der Waals surface area contributed by atoms with E-state index in [-0.39, 0.29) is 17.9 Å². The van der Waals surface area contributed by atoms with Crippen LogP contribution in [0.5, 0.6) is 0 Å². The van der Waals surface area contributed by atoms with E-state index in [4.69, 9.17) is 9.47 Å². The molecule has 0 aliphatic carbocycles. The zero-order valence-electron chi connectivity index (χ0n) is 11.8. The van der Waals surface area contributed by atoms with Crippen LogP contribution in [0.1, 0.15) is 26.2 Å². The topological polar surface area (TPSA) is 59.6 Å². The molecule has 0 aromatic carbocycles. The molecule has 0 bridgehead atoms. The molecule has 2 saturated heterocycles. The van der Waals surface area contributed by atoms with Crippen LogP contribution >= 0.6 is 0 Å². The fourth-order valence-electron chi connectivity index (χ4n) is 2.67. The number of nitrogens with one attached hydrogen (secondary N) is 2. The summed E-state index contributed by atoms with van der Waals surface area (Å²) in [5, 5.41) is 6.48. The van der Waals surface area contributed by atoms with E-state index in [1.54, 1.807) is 0 Å². The molecule has 0 aromatic rings. The molecule has 19 heavy (non-hydrogen) atoms. The second kappa shape index (κ2) is 7.82. The van der Waals surface area contributed by atoms with Crippen molar-refractivity contribution in [3.63, 3.8) is 0 Å². The van der Waals surface area contributed by atoms with Gasteiger partial charge in [0.05, 0.1) is 19.1 Å². The van der Waals surface area contributed by atoms with Gasteiger partial charge in [0, 0.05) is 25.8 Å². The molecule has 0 radical (unpaired) electrons. The number of amides is 1. The average molecular weight is 270 g/mol. The molecule has 2 rings (SSSR count). The molecule has 0 spiro atoms. The standard InChI is InChI=1S/C14H26N2O3/c1-2-5-15-13-10-19-9-12(13)14(17)16-8-11-3-6-18-7-4-11/h11-13,15H,2-10H2,1H3,(H,16,17). The summed E-state index contributed by atoms with van der Waals surface area (Å²) in [6, 6.07) is 0.176. The van der Waals surface area contributed by atoms with E-state index in [0.717, 1.165) is 45.6 Å². The van der Waals surface area contributed by atoms with E-state index in [9.17, 15) is 4.79 Å². The Morgan fingerprint density at radius 3 is 2.74 bits per heavy atom. The van der Waals surface area contributed by atoms with Crippen LogP contribution in [0.3, 0.4) is 0 Å². The molecule has 0 saturated carbocycles. The van der Waals surface area contributed by atoms with Crippen molar-refractivity contribution >= 4 is 5.91 Å². The maximum absolute atomic E-state index is 12.2. The molecular weight excluding hydrogens is 244 g/mol. The molecule has 2 aliphatic rings. The Morgan fingerprint density at radius 1 is 1.21 bits per heavy atom. The highest BCUT2D eigenvalue weighted by molar-refractivity contribution is 5.79. The van der Waals surface area contributed by atoms with Crippen LogP contribution < -0.4 is 10.6 Å². The highest BCUT2D eigenvalue weighted by Crippen LogP contribution is 2.16. The van der Waals surface area contributed by atoms with Gasteiger partial charge in [-0.2, -0.15) is 0 Å². The summed E-state index contributed by atoms with van der Waals surface area (Å²) in [5.74, 6) is 0.672. The Morgan fingerprint density at radius 2 is 2.00 bits per heavy atom. The van der Waals surface area contributed by atoms with Gasteiger partial charge in [0.1, 0.15) is 0 Å². The lowest BCUT2D eigenvalue weighted by molar-refractivity contribution is -0.125. The zero-order chi connectivity index (χ0) is 13.5. The van der Waals surface area contributed by atoms with E-state index in [1.807, 2.05) is 0 Å². The second-order valence-electron chi connectivity index (χ2n) is 5.51. The Bertz CT molecular complexity index is 280. The van der Waals surface area contributed by atoms with E-state index in [1.165, 1.54) is 0 Å². The average Bonchev–Trinajstić information content (AvgIpc) is 2.92. The molecule has 2 fully saturated rings. The van der Waals surface area contributed by atoms with Crippen molar-refractivity contribution in [3.05, 3.63) is 0 Å². The maximum Gasteiger partial charge on any atom is 0.227 e. The van der Waals surface area contributed by atoms with Gasteiger partial charge in [0.25, 0.3) is 0 Å². The predicted octanol–water partition coefficient (Wildman–Crippen LogP) is 0.544. The summed E-state index contributed by atoms with van der Waals surface area (Å²) in [6.07, 6.45) is 3.19. The fraction of sp³-hybridized carbons (Fsp3) is 0.929. The molecule has 5 nitrogen and oxygen atoms in total. The Labute approximate surface area is 115 Å². The number of hydrogen-bond acceptors (Lipinski definition) is 4. The first-order valence-corrected chi connectivity index (χ1v) is 7.47. The Kier molecular flexibility index (Phi) is 6.07. The molecule has 2 aliphatic heterocycles. The summed E-state index contributed by atoms with van der Waals surface area (Å²) in [6.45, 7) is 6.69. The number of carbonyl (C=O) groups excluding carboxylic acids is 1. The first-order valence-electron chi connectivity index (χ1n) is 7.47. The van der Waals surface area contributed by atoms with Crippen molar-refractivity contribution in [1.82, 2.24) is 10.6 Å². The Balaban J connectivity index is 1.71. The van der Waals surface area contributed by atoms with Crippen LogP contribution in [-0.2, 0) is 14.3 Å². The van der Waals surface area contributed by atoms with Crippen LogP contribution in [0, 0.1) is 11.8 Å². The molecule has 2 N–H and O–H groups in total. The highest BCUT2D eigenvalue weighted by atomic mass is 16.5. The van der Waals surface area contributed by atoms with Crippen LogP contribution in [0.15, 0.2) is 0 Å². The minimum atomic E-state index is -0.0357. The zero-order valence-corrected chi connectivity index (χ0v) is 11.8. The lowest BCUT2D eigenvalue weighted by Gasteiger charge is -2.24. The van der Waals surface area contributed by atoms with Gasteiger partial charge in [-0.3, -0.25) is 4.79 Å². The maximum atomic E-state index is 12.2. The van der Waals surface area contributed by atoms with Crippen LogP contribution in [-0.4, -0.2) is 51.5 Å². The van der Waals surface area contributed by atoms with Gasteiger partial charge in [0.2, 0.25) is 5.91 Å². The molecule has 2 atom stereocenters. The van der Waals surface area contributed by atoms with Crippen LogP contribution in [0.2, 0.25) is 0 Å². The van der Waals surface area contributed by atoms with Crippen molar-refractivity contribution in [2.24, 2.45) is 11.8 Å². The van der Waals surface area contributed by atoms with E-state index in [2.05, 4.69) is 17.6 Å². The Hall–Kier alpha value is -0.650. The molecule has 2 unspecified atom stereocenters. The van der Waals surface area contributed by atoms with E-state index in [0.29, 0.717) is 19.1 Å². The smallest absolute Gasteiger partial charge is 0.227 e. The third kappa shape index (κ3) is 4.44. The molecular formula is C14H26N2O3. The molecule has 1 amide bonds. The van der Waals surface area contributed by atoms with Crippen molar-refractivity contribution in [2.75, 3.05) is 39.5 Å². The van der Waals surface area contributed by atoms with Gasteiger partial charge in [-0.25, -0.2) is 0 Å². The number of ether oxygens (including phenoxy) is 2. The number of rotatable bonds is 6. The third-order valence-electron chi connectivity index (χ3n) is 3.98. The first kappa shape index (κ1) is 14.8. The predicted molar refractivity (Wildman–Crippen MR) is 72.9 cm³/mol. The van der Waals surface area contributed by atoms with E-state index < -0.39 is 0 Å². The monoisotopic (exact) mass is 270 g/mol. The summed E-state index contributed by atoms with van der Waals surface area (Å²) >= 11 is 0. The molecule has 110 valence electrons. The van der Waals surface area contributed by atoms with Crippen LogP contribution in [0.4, 0.5) is 0 Å². The van der Waals surface area contributed by atoms with Crippen molar-refractivity contribution in [2.45, 2.75) is 32.2 Å². The third-order valence-corrected chi connectivity index (χ3v) is 3.98. The summed E-state index contributed by atoms with van der Waals surface area (Å²) in [5.41, 5.74) is 0. The van der Waals surface area contributed by atoms with E-state index >= 15 is 0 Å². The van der Waals surface area contributed by atoms with Crippen molar-refractivity contribution in [3.8, 4) is 0 Å². The lowest BCUT2D eigenvalue weighted by Crippen LogP contribution is -2.45. The van der Waals surface area contributed by atoms with Gasteiger partial charge in [-0.1, -0.05) is 6.92 Å². The van der Waals surface area contributed by atoms with Gasteiger partial charge in [-0.05, 0) is 31.7 Å². The van der Waals surface area contributed by atoms with Gasteiger partial charge in [-0.15, -0.1) is 0 Å². The lowest BCUT2D eigenvalue weighted by atomic mass is 9.99.